The maximum absolute atomic E-state index is 13.1. The van der Waals surface area contributed by atoms with Gasteiger partial charge in [-0.2, -0.15) is 5.10 Å². The topological polar surface area (TPSA) is 38.1 Å². The number of benzene rings is 2. The Bertz CT molecular complexity index is 880. The number of carbonyl (C=O) groups is 1. The third-order valence-corrected chi connectivity index (χ3v) is 5.96. The Kier molecular flexibility index (Phi) is 4.63. The van der Waals surface area contributed by atoms with Crippen molar-refractivity contribution >= 4 is 33.6 Å². The lowest BCUT2D eigenvalue weighted by atomic mass is 10.1. The molecule has 1 fully saturated rings. The molecule has 1 aliphatic rings. The number of hydrogen-bond donors (Lipinski definition) is 0. The first-order valence-corrected chi connectivity index (χ1v) is 9.85. The van der Waals surface area contributed by atoms with Crippen LogP contribution in [0.1, 0.15) is 21.3 Å². The molecule has 1 atom stereocenters. The summed E-state index contributed by atoms with van der Waals surface area (Å²) in [4.78, 5) is 15.0. The van der Waals surface area contributed by atoms with E-state index in [0.29, 0.717) is 5.56 Å². The quantitative estimate of drug-likeness (QED) is 0.633. The van der Waals surface area contributed by atoms with Crippen LogP contribution in [0.15, 0.2) is 71.5 Å². The number of amides is 1. The van der Waals surface area contributed by atoms with Gasteiger partial charge in [-0.1, -0.05) is 34.1 Å². The van der Waals surface area contributed by atoms with E-state index in [1.165, 1.54) is 0 Å². The van der Waals surface area contributed by atoms with Gasteiger partial charge in [-0.25, -0.2) is 4.68 Å². The number of rotatable bonds is 3. The fraction of sp³-hybridized carbons (Fsp3) is 0.158. The average molecular weight is 414 g/mol. The van der Waals surface area contributed by atoms with Crippen molar-refractivity contribution in [1.29, 1.82) is 0 Å². The van der Waals surface area contributed by atoms with Gasteiger partial charge in [0, 0.05) is 34.7 Å². The molecule has 3 aromatic rings. The molecule has 0 aliphatic carbocycles. The molecule has 1 aromatic heterocycles. The molecule has 6 heteroatoms. The molecule has 0 saturated carbocycles. The van der Waals surface area contributed by atoms with Crippen LogP contribution in [0.2, 0.25) is 0 Å². The number of nitrogens with zero attached hydrogens (tertiary/aromatic N) is 3. The van der Waals surface area contributed by atoms with Gasteiger partial charge in [0.2, 0.25) is 0 Å². The lowest BCUT2D eigenvalue weighted by molar-refractivity contribution is 0.0760. The Labute approximate surface area is 159 Å². The second-order valence-electron chi connectivity index (χ2n) is 5.77. The smallest absolute Gasteiger partial charge is 0.255 e. The van der Waals surface area contributed by atoms with Gasteiger partial charge in [0.15, 0.2) is 0 Å². The van der Waals surface area contributed by atoms with Crippen molar-refractivity contribution in [2.75, 3.05) is 12.3 Å². The number of carbonyl (C=O) groups excluding carboxylic acids is 1. The molecular weight excluding hydrogens is 398 g/mol. The third kappa shape index (κ3) is 3.37. The minimum atomic E-state index is 0.0620. The van der Waals surface area contributed by atoms with Crippen LogP contribution >= 0.6 is 27.7 Å². The number of aromatic nitrogens is 2. The Morgan fingerprint density at radius 3 is 2.76 bits per heavy atom. The molecule has 1 aliphatic heterocycles. The van der Waals surface area contributed by atoms with Crippen LogP contribution in [0.5, 0.6) is 0 Å². The molecule has 0 N–H and O–H groups in total. The highest BCUT2D eigenvalue weighted by molar-refractivity contribution is 9.10. The maximum atomic E-state index is 13.1. The highest BCUT2D eigenvalue weighted by atomic mass is 79.9. The van der Waals surface area contributed by atoms with Crippen molar-refractivity contribution in [1.82, 2.24) is 14.7 Å². The molecule has 2 aromatic carbocycles. The number of thioether (sulfide) groups is 1. The zero-order valence-corrected chi connectivity index (χ0v) is 15.8. The molecule has 1 saturated heterocycles. The average Bonchev–Trinajstić information content (AvgIpc) is 3.34. The summed E-state index contributed by atoms with van der Waals surface area (Å²) in [5.74, 6) is 1.01. The summed E-state index contributed by atoms with van der Waals surface area (Å²) in [6.07, 6.45) is 3.61. The van der Waals surface area contributed by atoms with Gasteiger partial charge >= 0.3 is 0 Å². The van der Waals surface area contributed by atoms with Crippen molar-refractivity contribution < 1.29 is 4.79 Å². The Hall–Kier alpha value is -2.05. The van der Waals surface area contributed by atoms with Gasteiger partial charge in [0.1, 0.15) is 5.37 Å². The summed E-state index contributed by atoms with van der Waals surface area (Å²) in [6.45, 7) is 0.760. The molecular formula is C19H16BrN3OS. The van der Waals surface area contributed by atoms with Gasteiger partial charge in [-0.3, -0.25) is 4.79 Å². The van der Waals surface area contributed by atoms with Crippen LogP contribution in [-0.4, -0.2) is 32.9 Å². The predicted octanol–water partition coefficient (Wildman–Crippen LogP) is 4.52. The standard InChI is InChI=1S/C19H16BrN3OS/c20-16-7-5-14(6-8-16)19-22(11-12-25-19)18(24)15-3-1-4-17(13-15)23-10-2-9-21-23/h1-10,13,19H,11-12H2. The van der Waals surface area contributed by atoms with Crippen LogP contribution in [0.25, 0.3) is 5.69 Å². The summed E-state index contributed by atoms with van der Waals surface area (Å²) in [5, 5.41) is 4.30. The van der Waals surface area contributed by atoms with Gasteiger partial charge in [-0.05, 0) is 42.0 Å². The zero-order chi connectivity index (χ0) is 17.2. The highest BCUT2D eigenvalue weighted by Gasteiger charge is 2.31. The minimum Gasteiger partial charge on any atom is -0.322 e. The first kappa shape index (κ1) is 16.4. The molecule has 2 heterocycles. The van der Waals surface area contributed by atoms with E-state index in [2.05, 4.69) is 33.2 Å². The number of hydrogen-bond acceptors (Lipinski definition) is 3. The maximum Gasteiger partial charge on any atom is 0.255 e. The molecule has 126 valence electrons. The van der Waals surface area contributed by atoms with Crippen LogP contribution in [-0.2, 0) is 0 Å². The van der Waals surface area contributed by atoms with Gasteiger partial charge < -0.3 is 4.90 Å². The molecule has 1 amide bonds. The van der Waals surface area contributed by atoms with Crippen molar-refractivity contribution in [2.24, 2.45) is 0 Å². The van der Waals surface area contributed by atoms with Crippen molar-refractivity contribution in [3.63, 3.8) is 0 Å². The molecule has 25 heavy (non-hydrogen) atoms. The zero-order valence-electron chi connectivity index (χ0n) is 13.4. The lowest BCUT2D eigenvalue weighted by Crippen LogP contribution is -2.30. The number of halogens is 1. The summed E-state index contributed by atoms with van der Waals surface area (Å²) >= 11 is 5.27. The Morgan fingerprint density at radius 2 is 2.00 bits per heavy atom. The molecule has 4 nitrogen and oxygen atoms in total. The Morgan fingerprint density at radius 1 is 1.16 bits per heavy atom. The molecule has 1 unspecified atom stereocenters. The van der Waals surface area contributed by atoms with E-state index >= 15 is 0 Å². The largest absolute Gasteiger partial charge is 0.322 e. The van der Waals surface area contributed by atoms with E-state index < -0.39 is 0 Å². The second-order valence-corrected chi connectivity index (χ2v) is 7.88. The fourth-order valence-electron chi connectivity index (χ4n) is 2.95. The summed E-state index contributed by atoms with van der Waals surface area (Å²) < 4.78 is 2.81. The van der Waals surface area contributed by atoms with E-state index in [-0.39, 0.29) is 11.3 Å². The van der Waals surface area contributed by atoms with Crippen LogP contribution in [0, 0.1) is 0 Å². The fourth-order valence-corrected chi connectivity index (χ4v) is 4.47. The van der Waals surface area contributed by atoms with E-state index in [4.69, 9.17) is 0 Å². The van der Waals surface area contributed by atoms with Crippen LogP contribution in [0.3, 0.4) is 0 Å². The van der Waals surface area contributed by atoms with E-state index in [0.717, 1.165) is 28.0 Å². The van der Waals surface area contributed by atoms with Gasteiger partial charge in [-0.15, -0.1) is 11.8 Å². The molecule has 0 bridgehead atoms. The highest BCUT2D eigenvalue weighted by Crippen LogP contribution is 2.39. The third-order valence-electron chi connectivity index (χ3n) is 4.17. The van der Waals surface area contributed by atoms with Crippen LogP contribution in [0.4, 0.5) is 0 Å². The lowest BCUT2D eigenvalue weighted by Gasteiger charge is -2.24. The van der Waals surface area contributed by atoms with E-state index in [1.807, 2.05) is 53.6 Å². The Balaban J connectivity index is 1.61. The summed E-state index contributed by atoms with van der Waals surface area (Å²) in [5.41, 5.74) is 2.74. The van der Waals surface area contributed by atoms with Crippen molar-refractivity contribution in [2.45, 2.75) is 5.37 Å². The monoisotopic (exact) mass is 413 g/mol. The van der Waals surface area contributed by atoms with E-state index in [9.17, 15) is 4.79 Å². The van der Waals surface area contributed by atoms with Crippen LogP contribution < -0.4 is 0 Å². The minimum absolute atomic E-state index is 0.0620. The predicted molar refractivity (Wildman–Crippen MR) is 104 cm³/mol. The normalized spacial score (nSPS) is 17.0. The van der Waals surface area contributed by atoms with E-state index in [1.54, 1.807) is 22.6 Å². The first-order chi connectivity index (χ1) is 12.2. The van der Waals surface area contributed by atoms with Gasteiger partial charge in [0.25, 0.3) is 5.91 Å². The van der Waals surface area contributed by atoms with Crippen molar-refractivity contribution in [3.05, 3.63) is 82.6 Å². The van der Waals surface area contributed by atoms with Crippen molar-refractivity contribution in [3.8, 4) is 5.69 Å². The summed E-state index contributed by atoms with van der Waals surface area (Å²) in [6, 6.07) is 17.7. The molecule has 0 radical (unpaired) electrons. The second kappa shape index (κ2) is 7.06. The van der Waals surface area contributed by atoms with Gasteiger partial charge in [0.05, 0.1) is 5.69 Å². The SMILES string of the molecule is O=C(c1cccc(-n2cccn2)c1)N1CCSC1c1ccc(Br)cc1. The first-order valence-electron chi connectivity index (χ1n) is 8.00. The molecule has 0 spiro atoms. The summed E-state index contributed by atoms with van der Waals surface area (Å²) in [7, 11) is 0. The molecule has 4 rings (SSSR count).